The van der Waals surface area contributed by atoms with Crippen molar-refractivity contribution in [1.29, 1.82) is 0 Å². The summed E-state index contributed by atoms with van der Waals surface area (Å²) in [6.45, 7) is 3.31. The molecule has 0 saturated carbocycles. The van der Waals surface area contributed by atoms with Gasteiger partial charge in [0.25, 0.3) is 5.91 Å². The minimum absolute atomic E-state index is 0.0661. The molecule has 2 heterocycles. The fourth-order valence-electron chi connectivity index (χ4n) is 2.35. The standard InChI is InChI=1S/C13H19N3O/c1-10-6-11(9-15-8-10)13(17)16-5-3-2-4-12(16)7-14/h6,8-9,12H,2-5,7,14H2,1H3. The van der Waals surface area contributed by atoms with Gasteiger partial charge in [-0.15, -0.1) is 0 Å². The van der Waals surface area contributed by atoms with Gasteiger partial charge in [0.2, 0.25) is 0 Å². The molecular formula is C13H19N3O. The largest absolute Gasteiger partial charge is 0.334 e. The molecule has 2 N–H and O–H groups in total. The Morgan fingerprint density at radius 1 is 1.53 bits per heavy atom. The first-order chi connectivity index (χ1) is 8.22. The number of nitrogens with two attached hydrogens (primary N) is 1. The van der Waals surface area contributed by atoms with Crippen molar-refractivity contribution in [2.75, 3.05) is 13.1 Å². The van der Waals surface area contributed by atoms with Crippen molar-refractivity contribution >= 4 is 5.91 Å². The van der Waals surface area contributed by atoms with Crippen molar-refractivity contribution in [3.05, 3.63) is 29.6 Å². The number of likely N-dealkylation sites (tertiary alicyclic amines) is 1. The first kappa shape index (κ1) is 12.0. The Labute approximate surface area is 102 Å². The number of carbonyl (C=O) groups excluding carboxylic acids is 1. The van der Waals surface area contributed by atoms with Crippen molar-refractivity contribution in [3.8, 4) is 0 Å². The second-order valence-electron chi connectivity index (χ2n) is 4.63. The van der Waals surface area contributed by atoms with E-state index in [-0.39, 0.29) is 11.9 Å². The van der Waals surface area contributed by atoms with Gasteiger partial charge in [0, 0.05) is 31.5 Å². The van der Waals surface area contributed by atoms with Crippen LogP contribution in [-0.2, 0) is 0 Å². The summed E-state index contributed by atoms with van der Waals surface area (Å²) in [4.78, 5) is 18.3. The Morgan fingerprint density at radius 3 is 3.06 bits per heavy atom. The van der Waals surface area contributed by atoms with E-state index in [1.54, 1.807) is 12.4 Å². The summed E-state index contributed by atoms with van der Waals surface area (Å²) in [7, 11) is 0. The lowest BCUT2D eigenvalue weighted by Gasteiger charge is -2.35. The monoisotopic (exact) mass is 233 g/mol. The predicted octanol–water partition coefficient (Wildman–Crippen LogP) is 1.34. The Hall–Kier alpha value is -1.42. The van der Waals surface area contributed by atoms with E-state index in [2.05, 4.69) is 4.98 Å². The fraction of sp³-hybridized carbons (Fsp3) is 0.538. The molecule has 4 nitrogen and oxygen atoms in total. The number of amides is 1. The van der Waals surface area contributed by atoms with E-state index < -0.39 is 0 Å². The molecule has 0 aromatic carbocycles. The van der Waals surface area contributed by atoms with Crippen molar-refractivity contribution in [2.45, 2.75) is 32.2 Å². The second-order valence-corrected chi connectivity index (χ2v) is 4.63. The summed E-state index contributed by atoms with van der Waals surface area (Å²) in [5.41, 5.74) is 7.41. The van der Waals surface area contributed by atoms with Crippen LogP contribution in [0.1, 0.15) is 35.2 Å². The smallest absolute Gasteiger partial charge is 0.255 e. The molecule has 1 unspecified atom stereocenters. The van der Waals surface area contributed by atoms with E-state index in [1.165, 1.54) is 0 Å². The number of hydrogen-bond acceptors (Lipinski definition) is 3. The average Bonchev–Trinajstić information content (AvgIpc) is 2.38. The molecule has 0 bridgehead atoms. The minimum atomic E-state index is 0.0661. The van der Waals surface area contributed by atoms with E-state index in [0.717, 1.165) is 31.4 Å². The highest BCUT2D eigenvalue weighted by atomic mass is 16.2. The molecule has 1 amide bonds. The molecule has 1 fully saturated rings. The maximum absolute atomic E-state index is 12.4. The highest BCUT2D eigenvalue weighted by Gasteiger charge is 2.26. The zero-order valence-electron chi connectivity index (χ0n) is 10.2. The summed E-state index contributed by atoms with van der Waals surface area (Å²) >= 11 is 0. The van der Waals surface area contributed by atoms with Gasteiger partial charge < -0.3 is 10.6 Å². The van der Waals surface area contributed by atoms with Crippen LogP contribution >= 0.6 is 0 Å². The summed E-state index contributed by atoms with van der Waals surface area (Å²) < 4.78 is 0. The van der Waals surface area contributed by atoms with Crippen LogP contribution in [0, 0.1) is 6.92 Å². The van der Waals surface area contributed by atoms with Gasteiger partial charge in [0.15, 0.2) is 0 Å². The van der Waals surface area contributed by atoms with Crippen molar-refractivity contribution in [2.24, 2.45) is 5.73 Å². The van der Waals surface area contributed by atoms with Gasteiger partial charge in [0.05, 0.1) is 5.56 Å². The Bertz CT molecular complexity index is 405. The number of aryl methyl sites for hydroxylation is 1. The number of hydrogen-bond donors (Lipinski definition) is 1. The van der Waals surface area contributed by atoms with E-state index in [4.69, 9.17) is 5.73 Å². The molecule has 1 aliphatic rings. The van der Waals surface area contributed by atoms with Crippen LogP contribution in [0.4, 0.5) is 0 Å². The molecule has 17 heavy (non-hydrogen) atoms. The summed E-state index contributed by atoms with van der Waals surface area (Å²) in [5.74, 6) is 0.0661. The highest BCUT2D eigenvalue weighted by molar-refractivity contribution is 5.94. The molecule has 0 spiro atoms. The van der Waals surface area contributed by atoms with Crippen LogP contribution in [0.25, 0.3) is 0 Å². The number of aromatic nitrogens is 1. The zero-order chi connectivity index (χ0) is 12.3. The number of nitrogens with zero attached hydrogens (tertiary/aromatic N) is 2. The van der Waals surface area contributed by atoms with Crippen LogP contribution in [0.15, 0.2) is 18.5 Å². The molecular weight excluding hydrogens is 214 g/mol. The highest BCUT2D eigenvalue weighted by Crippen LogP contribution is 2.19. The van der Waals surface area contributed by atoms with Crippen molar-refractivity contribution < 1.29 is 4.79 Å². The van der Waals surface area contributed by atoms with Crippen LogP contribution in [-0.4, -0.2) is 34.9 Å². The number of rotatable bonds is 2. The zero-order valence-corrected chi connectivity index (χ0v) is 10.2. The van der Waals surface area contributed by atoms with Gasteiger partial charge in [-0.05, 0) is 37.8 Å². The third kappa shape index (κ3) is 2.64. The molecule has 1 aromatic rings. The maximum atomic E-state index is 12.4. The number of piperidine rings is 1. The van der Waals surface area contributed by atoms with Gasteiger partial charge in [-0.2, -0.15) is 0 Å². The van der Waals surface area contributed by atoms with E-state index in [1.807, 2.05) is 17.9 Å². The number of pyridine rings is 1. The van der Waals surface area contributed by atoms with Gasteiger partial charge in [-0.3, -0.25) is 9.78 Å². The summed E-state index contributed by atoms with van der Waals surface area (Å²) in [6.07, 6.45) is 6.64. The first-order valence-corrected chi connectivity index (χ1v) is 6.15. The molecule has 0 radical (unpaired) electrons. The summed E-state index contributed by atoms with van der Waals surface area (Å²) in [5, 5.41) is 0. The van der Waals surface area contributed by atoms with E-state index >= 15 is 0 Å². The van der Waals surface area contributed by atoms with Crippen LogP contribution < -0.4 is 5.73 Å². The van der Waals surface area contributed by atoms with Gasteiger partial charge in [-0.25, -0.2) is 0 Å². The van der Waals surface area contributed by atoms with Gasteiger partial charge in [-0.1, -0.05) is 0 Å². The van der Waals surface area contributed by atoms with Crippen LogP contribution in [0.5, 0.6) is 0 Å². The van der Waals surface area contributed by atoms with Crippen LogP contribution in [0.2, 0.25) is 0 Å². The Balaban J connectivity index is 2.18. The number of carbonyl (C=O) groups is 1. The SMILES string of the molecule is Cc1cncc(C(=O)N2CCCCC2CN)c1. The second kappa shape index (κ2) is 5.27. The molecule has 1 aliphatic heterocycles. The normalized spacial score (nSPS) is 20.4. The maximum Gasteiger partial charge on any atom is 0.255 e. The van der Waals surface area contributed by atoms with Crippen LogP contribution in [0.3, 0.4) is 0 Å². The topological polar surface area (TPSA) is 59.2 Å². The third-order valence-electron chi connectivity index (χ3n) is 3.28. The quantitative estimate of drug-likeness (QED) is 0.838. The minimum Gasteiger partial charge on any atom is -0.334 e. The molecule has 0 aliphatic carbocycles. The van der Waals surface area contributed by atoms with Crippen molar-refractivity contribution in [3.63, 3.8) is 0 Å². The Morgan fingerprint density at radius 2 is 2.35 bits per heavy atom. The lowest BCUT2D eigenvalue weighted by Crippen LogP contribution is -2.47. The van der Waals surface area contributed by atoms with E-state index in [0.29, 0.717) is 12.1 Å². The molecule has 2 rings (SSSR count). The molecule has 1 saturated heterocycles. The Kier molecular flexibility index (Phi) is 3.74. The lowest BCUT2D eigenvalue weighted by atomic mass is 10.0. The van der Waals surface area contributed by atoms with Crippen molar-refractivity contribution in [1.82, 2.24) is 9.88 Å². The molecule has 1 aromatic heterocycles. The predicted molar refractivity (Wildman–Crippen MR) is 66.7 cm³/mol. The van der Waals surface area contributed by atoms with E-state index in [9.17, 15) is 4.79 Å². The molecule has 1 atom stereocenters. The third-order valence-corrected chi connectivity index (χ3v) is 3.28. The molecule has 4 heteroatoms. The molecule has 92 valence electrons. The fourth-order valence-corrected chi connectivity index (χ4v) is 2.35. The van der Waals surface area contributed by atoms with Gasteiger partial charge >= 0.3 is 0 Å². The lowest BCUT2D eigenvalue weighted by molar-refractivity contribution is 0.0623. The summed E-state index contributed by atoms with van der Waals surface area (Å²) in [6, 6.07) is 2.08. The van der Waals surface area contributed by atoms with Gasteiger partial charge in [0.1, 0.15) is 0 Å². The average molecular weight is 233 g/mol. The first-order valence-electron chi connectivity index (χ1n) is 6.15.